The number of benzene rings is 2. The van der Waals surface area contributed by atoms with Crippen molar-refractivity contribution >= 4 is 35.0 Å². The van der Waals surface area contributed by atoms with Gasteiger partial charge in [0.15, 0.2) is 5.69 Å². The van der Waals surface area contributed by atoms with E-state index in [0.717, 1.165) is 0 Å². The predicted molar refractivity (Wildman–Crippen MR) is 116 cm³/mol. The molecule has 1 aliphatic heterocycles. The van der Waals surface area contributed by atoms with Gasteiger partial charge in [-0.2, -0.15) is 4.98 Å². The molecule has 9 heteroatoms. The van der Waals surface area contributed by atoms with Crippen LogP contribution < -0.4 is 14.4 Å². The summed E-state index contributed by atoms with van der Waals surface area (Å²) in [5.41, 5.74) is 2.45. The minimum absolute atomic E-state index is 0.125. The maximum Gasteiger partial charge on any atom is 0.247 e. The lowest BCUT2D eigenvalue weighted by Crippen LogP contribution is -2.37. The molecule has 30 heavy (non-hydrogen) atoms. The molecule has 1 aliphatic rings. The molecule has 1 amide bonds. The average Bonchev–Trinajstić information content (AvgIpc) is 2.92. The van der Waals surface area contributed by atoms with Crippen LogP contribution in [0.25, 0.3) is 11.3 Å². The Morgan fingerprint density at radius 2 is 2.07 bits per heavy atom. The van der Waals surface area contributed by atoms with Gasteiger partial charge in [-0.3, -0.25) is 9.69 Å². The number of nitrogens with zero attached hydrogens (tertiary/aromatic N) is 4. The van der Waals surface area contributed by atoms with E-state index in [1.54, 1.807) is 37.1 Å². The summed E-state index contributed by atoms with van der Waals surface area (Å²) in [5, 5.41) is 9.48. The summed E-state index contributed by atoms with van der Waals surface area (Å²) in [6.07, 6.45) is 1.29. The Hall–Kier alpha value is -2.84. The zero-order chi connectivity index (χ0) is 21.3. The average molecular weight is 443 g/mol. The Morgan fingerprint density at radius 3 is 2.80 bits per heavy atom. The normalized spacial score (nSPS) is 14.9. The Bertz CT molecular complexity index is 1110. The molecular formula is C21H19ClN4O3S. The monoisotopic (exact) mass is 442 g/mol. The summed E-state index contributed by atoms with van der Waals surface area (Å²) >= 11 is 7.64. The third-order valence-corrected chi connectivity index (χ3v) is 5.50. The number of para-hydroxylation sites is 1. The molecule has 1 aromatic heterocycles. The minimum Gasteiger partial charge on any atom is -0.496 e. The van der Waals surface area contributed by atoms with Crippen LogP contribution in [0, 0.1) is 0 Å². The fraction of sp³-hybridized carbons (Fsp3) is 0.238. The number of thioether (sulfide) groups is 1. The molecule has 3 aromatic rings. The molecule has 0 radical (unpaired) electrons. The van der Waals surface area contributed by atoms with E-state index in [4.69, 9.17) is 21.1 Å². The van der Waals surface area contributed by atoms with Crippen molar-refractivity contribution in [2.75, 3.05) is 18.3 Å². The quantitative estimate of drug-likeness (QED) is 0.539. The molecule has 0 N–H and O–H groups in total. The number of amides is 1. The number of fused-ring (bicyclic) bond motifs is 3. The molecule has 0 bridgehead atoms. The lowest BCUT2D eigenvalue weighted by atomic mass is 10.1. The number of aromatic nitrogens is 3. The molecule has 4 rings (SSSR count). The van der Waals surface area contributed by atoms with E-state index in [9.17, 15) is 4.79 Å². The number of methoxy groups -OCH3 is 1. The molecule has 2 aromatic carbocycles. The first-order chi connectivity index (χ1) is 14.6. The number of carbonyl (C=O) groups is 1. The van der Waals surface area contributed by atoms with E-state index in [-0.39, 0.29) is 12.3 Å². The van der Waals surface area contributed by atoms with Gasteiger partial charge in [0.05, 0.1) is 18.4 Å². The zero-order valence-corrected chi connectivity index (χ0v) is 18.2. The largest absolute Gasteiger partial charge is 0.496 e. The highest BCUT2D eigenvalue weighted by Crippen LogP contribution is 2.45. The van der Waals surface area contributed by atoms with Crippen molar-refractivity contribution in [3.63, 3.8) is 0 Å². The molecule has 0 unspecified atom stereocenters. The third-order valence-electron chi connectivity index (χ3n) is 4.72. The maximum atomic E-state index is 13.1. The maximum absolute atomic E-state index is 13.1. The van der Waals surface area contributed by atoms with E-state index in [1.807, 2.05) is 30.5 Å². The molecule has 0 aliphatic carbocycles. The van der Waals surface area contributed by atoms with Crippen molar-refractivity contribution < 1.29 is 14.3 Å². The SMILES string of the molecule is CCC(=O)N1c2ccccc2-c2nnc(SC)nc2O[C@@H]1c1cc(Cl)ccc1OC. The van der Waals surface area contributed by atoms with Crippen molar-refractivity contribution in [2.24, 2.45) is 0 Å². The summed E-state index contributed by atoms with van der Waals surface area (Å²) in [7, 11) is 1.56. The van der Waals surface area contributed by atoms with Crippen molar-refractivity contribution in [3.8, 4) is 22.9 Å². The standard InChI is InChI=1S/C21H19ClN4O3S/c1-4-17(27)26-15-8-6-5-7-13(15)18-19(23-21(30-3)25-24-18)29-20(26)14-11-12(22)9-10-16(14)28-2/h5-11,20H,4H2,1-3H3/t20-/m1/s1. The fourth-order valence-corrected chi connectivity index (χ4v) is 3.82. The molecular weight excluding hydrogens is 424 g/mol. The van der Waals surface area contributed by atoms with Crippen molar-refractivity contribution in [2.45, 2.75) is 24.7 Å². The van der Waals surface area contributed by atoms with Gasteiger partial charge in [0.1, 0.15) is 5.75 Å². The first-order valence-corrected chi connectivity index (χ1v) is 10.9. The Balaban J connectivity index is 2.01. The van der Waals surface area contributed by atoms with Crippen LogP contribution in [0.2, 0.25) is 5.02 Å². The lowest BCUT2D eigenvalue weighted by Gasteiger charge is -2.31. The number of halogens is 1. The smallest absolute Gasteiger partial charge is 0.247 e. The van der Waals surface area contributed by atoms with Gasteiger partial charge in [0.2, 0.25) is 23.2 Å². The van der Waals surface area contributed by atoms with Gasteiger partial charge in [0.25, 0.3) is 0 Å². The van der Waals surface area contributed by atoms with Crippen LogP contribution in [-0.4, -0.2) is 34.5 Å². The number of carbonyl (C=O) groups excluding carboxylic acids is 1. The third kappa shape index (κ3) is 3.57. The van der Waals surface area contributed by atoms with Gasteiger partial charge in [-0.1, -0.05) is 48.5 Å². The lowest BCUT2D eigenvalue weighted by molar-refractivity contribution is -0.120. The number of rotatable bonds is 4. The molecule has 0 fully saturated rings. The topological polar surface area (TPSA) is 77.4 Å². The number of anilines is 1. The molecule has 2 heterocycles. The highest BCUT2D eigenvalue weighted by molar-refractivity contribution is 7.98. The van der Waals surface area contributed by atoms with Gasteiger partial charge in [0, 0.05) is 17.0 Å². The van der Waals surface area contributed by atoms with Crippen LogP contribution in [-0.2, 0) is 4.79 Å². The molecule has 0 saturated carbocycles. The van der Waals surface area contributed by atoms with E-state index < -0.39 is 6.23 Å². The number of ether oxygens (including phenoxy) is 2. The van der Waals surface area contributed by atoms with Gasteiger partial charge >= 0.3 is 0 Å². The summed E-state index contributed by atoms with van der Waals surface area (Å²) in [4.78, 5) is 19.3. The number of hydrogen-bond acceptors (Lipinski definition) is 7. The second-order valence-electron chi connectivity index (χ2n) is 6.44. The first-order valence-electron chi connectivity index (χ1n) is 9.27. The van der Waals surface area contributed by atoms with Gasteiger partial charge < -0.3 is 9.47 Å². The Morgan fingerprint density at radius 1 is 1.27 bits per heavy atom. The van der Waals surface area contributed by atoms with Gasteiger partial charge in [-0.15, -0.1) is 10.2 Å². The van der Waals surface area contributed by atoms with Crippen LogP contribution in [0.4, 0.5) is 5.69 Å². The molecule has 0 saturated heterocycles. The van der Waals surface area contributed by atoms with Gasteiger partial charge in [-0.05, 0) is 30.5 Å². The predicted octanol–water partition coefficient (Wildman–Crippen LogP) is 4.76. The second kappa shape index (κ2) is 8.49. The van der Waals surface area contributed by atoms with E-state index in [0.29, 0.717) is 44.3 Å². The molecule has 7 nitrogen and oxygen atoms in total. The Kier molecular flexibility index (Phi) is 5.78. The van der Waals surface area contributed by atoms with Crippen LogP contribution in [0.5, 0.6) is 11.6 Å². The summed E-state index contributed by atoms with van der Waals surface area (Å²) in [5.74, 6) is 0.715. The summed E-state index contributed by atoms with van der Waals surface area (Å²) < 4.78 is 11.9. The molecule has 0 spiro atoms. The van der Waals surface area contributed by atoms with Crippen molar-refractivity contribution in [1.82, 2.24) is 15.2 Å². The minimum atomic E-state index is -0.847. The molecule has 1 atom stereocenters. The van der Waals surface area contributed by atoms with E-state index >= 15 is 0 Å². The van der Waals surface area contributed by atoms with Crippen LogP contribution in [0.1, 0.15) is 25.1 Å². The van der Waals surface area contributed by atoms with Gasteiger partial charge in [-0.25, -0.2) is 0 Å². The Labute approximate surface area is 183 Å². The first kappa shape index (κ1) is 20.4. The zero-order valence-electron chi connectivity index (χ0n) is 16.6. The van der Waals surface area contributed by atoms with Crippen LogP contribution >= 0.6 is 23.4 Å². The van der Waals surface area contributed by atoms with Crippen LogP contribution in [0.15, 0.2) is 47.6 Å². The number of hydrogen-bond donors (Lipinski definition) is 0. The summed E-state index contributed by atoms with van der Waals surface area (Å²) in [6, 6.07) is 12.7. The second-order valence-corrected chi connectivity index (χ2v) is 7.65. The van der Waals surface area contributed by atoms with Crippen molar-refractivity contribution in [1.29, 1.82) is 0 Å². The highest BCUT2D eigenvalue weighted by atomic mass is 35.5. The van der Waals surface area contributed by atoms with Crippen molar-refractivity contribution in [3.05, 3.63) is 53.1 Å². The van der Waals surface area contributed by atoms with E-state index in [1.165, 1.54) is 11.8 Å². The molecule has 154 valence electrons. The summed E-state index contributed by atoms with van der Waals surface area (Å²) in [6.45, 7) is 1.80. The van der Waals surface area contributed by atoms with E-state index in [2.05, 4.69) is 15.2 Å². The fourth-order valence-electron chi connectivity index (χ4n) is 3.34. The highest BCUT2D eigenvalue weighted by Gasteiger charge is 2.36. The van der Waals surface area contributed by atoms with Crippen LogP contribution in [0.3, 0.4) is 0 Å².